The number of hydrogen-bond donors (Lipinski definition) is 2. The van der Waals surface area contributed by atoms with Crippen LogP contribution in [0.15, 0.2) is 30.6 Å². The Morgan fingerprint density at radius 3 is 2.85 bits per heavy atom. The summed E-state index contributed by atoms with van der Waals surface area (Å²) in [6.45, 7) is 7.37. The van der Waals surface area contributed by atoms with Crippen molar-refractivity contribution in [1.29, 1.82) is 0 Å². The minimum atomic E-state index is 0.123. The Bertz CT molecular complexity index is 721. The highest BCUT2D eigenvalue weighted by atomic mass is 32.1. The van der Waals surface area contributed by atoms with Crippen LogP contribution in [0.1, 0.15) is 30.7 Å². The fraction of sp³-hybridized carbons (Fsp3) is 0.333. The van der Waals surface area contributed by atoms with Gasteiger partial charge in [0.25, 0.3) is 0 Å². The summed E-state index contributed by atoms with van der Waals surface area (Å²) in [5.74, 6) is 0. The van der Waals surface area contributed by atoms with Crippen LogP contribution in [0.4, 0.5) is 5.69 Å². The van der Waals surface area contributed by atoms with Gasteiger partial charge in [-0.15, -0.1) is 11.3 Å². The average Bonchev–Trinajstić information content (AvgIpc) is 3.04. The van der Waals surface area contributed by atoms with Crippen molar-refractivity contribution in [2.45, 2.75) is 32.7 Å². The zero-order valence-electron chi connectivity index (χ0n) is 11.9. The first-order valence-corrected chi connectivity index (χ1v) is 7.46. The largest absolute Gasteiger partial charge is 0.380 e. The summed E-state index contributed by atoms with van der Waals surface area (Å²) in [5, 5.41) is 12.8. The van der Waals surface area contributed by atoms with Gasteiger partial charge in [-0.3, -0.25) is 5.10 Å². The predicted octanol–water partition coefficient (Wildman–Crippen LogP) is 3.93. The fourth-order valence-corrected chi connectivity index (χ4v) is 2.88. The molecule has 0 aliphatic heterocycles. The van der Waals surface area contributed by atoms with Crippen LogP contribution in [0.5, 0.6) is 0 Å². The summed E-state index contributed by atoms with van der Waals surface area (Å²) in [6, 6.07) is 6.21. The lowest BCUT2D eigenvalue weighted by molar-refractivity contribution is 0.585. The van der Waals surface area contributed by atoms with Gasteiger partial charge < -0.3 is 5.32 Å². The van der Waals surface area contributed by atoms with E-state index in [4.69, 9.17) is 0 Å². The van der Waals surface area contributed by atoms with Crippen LogP contribution in [0.25, 0.3) is 10.9 Å². The minimum absolute atomic E-state index is 0.123. The predicted molar refractivity (Wildman–Crippen MR) is 84.2 cm³/mol. The van der Waals surface area contributed by atoms with Crippen LogP contribution in [-0.4, -0.2) is 15.2 Å². The molecule has 1 aromatic carbocycles. The Kier molecular flexibility index (Phi) is 3.22. The van der Waals surface area contributed by atoms with Crippen molar-refractivity contribution in [2.24, 2.45) is 0 Å². The van der Waals surface area contributed by atoms with Crippen LogP contribution in [0.3, 0.4) is 0 Å². The SMILES string of the molecule is CC(C)(C)c1ncc(CNc2ccc3cn[nH]c3c2)s1. The molecule has 2 N–H and O–H groups in total. The molecule has 5 heteroatoms. The molecule has 0 saturated heterocycles. The summed E-state index contributed by atoms with van der Waals surface area (Å²) in [4.78, 5) is 5.75. The number of nitrogens with one attached hydrogen (secondary N) is 2. The van der Waals surface area contributed by atoms with E-state index in [1.165, 1.54) is 9.88 Å². The molecule has 2 heterocycles. The smallest absolute Gasteiger partial charge is 0.0981 e. The van der Waals surface area contributed by atoms with Crippen molar-refractivity contribution in [2.75, 3.05) is 5.32 Å². The quantitative estimate of drug-likeness (QED) is 0.767. The number of benzene rings is 1. The van der Waals surface area contributed by atoms with Crippen LogP contribution in [-0.2, 0) is 12.0 Å². The van der Waals surface area contributed by atoms with E-state index in [1.54, 1.807) is 11.3 Å². The molecule has 0 fully saturated rings. The average molecular weight is 286 g/mol. The summed E-state index contributed by atoms with van der Waals surface area (Å²) in [7, 11) is 0. The number of anilines is 1. The summed E-state index contributed by atoms with van der Waals surface area (Å²) in [5.41, 5.74) is 2.26. The first-order chi connectivity index (χ1) is 9.52. The molecule has 0 radical (unpaired) electrons. The van der Waals surface area contributed by atoms with E-state index >= 15 is 0 Å². The maximum absolute atomic E-state index is 4.50. The standard InChI is InChI=1S/C15H18N4S/c1-15(2,3)14-17-9-12(20-14)8-16-11-5-4-10-7-18-19-13(10)6-11/h4-7,9,16H,8H2,1-3H3,(H,18,19). The maximum atomic E-state index is 4.50. The third-order valence-electron chi connectivity index (χ3n) is 3.10. The Labute approximate surface area is 122 Å². The van der Waals surface area contributed by atoms with Gasteiger partial charge in [0.1, 0.15) is 0 Å². The van der Waals surface area contributed by atoms with Crippen molar-refractivity contribution >= 4 is 27.9 Å². The minimum Gasteiger partial charge on any atom is -0.380 e. The number of thiazole rings is 1. The molecule has 0 spiro atoms. The number of H-pyrrole nitrogens is 1. The number of aromatic nitrogens is 3. The molecule has 0 aliphatic rings. The molecule has 0 aliphatic carbocycles. The molecule has 0 unspecified atom stereocenters. The third-order valence-corrected chi connectivity index (χ3v) is 4.53. The fourth-order valence-electron chi connectivity index (χ4n) is 1.97. The molecule has 0 amide bonds. The molecule has 4 nitrogen and oxygen atoms in total. The molecule has 0 atom stereocenters. The number of fused-ring (bicyclic) bond motifs is 1. The Morgan fingerprint density at radius 1 is 1.25 bits per heavy atom. The van der Waals surface area contributed by atoms with Crippen molar-refractivity contribution < 1.29 is 0 Å². The first-order valence-electron chi connectivity index (χ1n) is 6.64. The topological polar surface area (TPSA) is 53.6 Å². The van der Waals surface area contributed by atoms with Crippen LogP contribution < -0.4 is 5.32 Å². The number of rotatable bonds is 3. The van der Waals surface area contributed by atoms with Crippen molar-refractivity contribution in [3.05, 3.63) is 40.5 Å². The summed E-state index contributed by atoms with van der Waals surface area (Å²) < 4.78 is 0. The van der Waals surface area contributed by atoms with Gasteiger partial charge in [-0.1, -0.05) is 20.8 Å². The van der Waals surface area contributed by atoms with Crippen LogP contribution in [0.2, 0.25) is 0 Å². The van der Waals surface area contributed by atoms with E-state index in [9.17, 15) is 0 Å². The van der Waals surface area contributed by atoms with E-state index in [0.717, 1.165) is 23.1 Å². The van der Waals surface area contributed by atoms with E-state index in [1.807, 2.05) is 12.4 Å². The normalized spacial score (nSPS) is 11.9. The molecule has 2 aromatic heterocycles. The molecule has 0 bridgehead atoms. The zero-order valence-corrected chi connectivity index (χ0v) is 12.7. The first kappa shape index (κ1) is 13.1. The van der Waals surface area contributed by atoms with Crippen LogP contribution >= 0.6 is 11.3 Å². The highest BCUT2D eigenvalue weighted by Gasteiger charge is 2.17. The number of hydrogen-bond acceptors (Lipinski definition) is 4. The molecule has 20 heavy (non-hydrogen) atoms. The van der Waals surface area contributed by atoms with E-state index in [2.05, 4.69) is 59.5 Å². The van der Waals surface area contributed by atoms with Gasteiger partial charge in [0, 0.05) is 27.6 Å². The molecular formula is C15H18N4S. The van der Waals surface area contributed by atoms with E-state index in [0.29, 0.717) is 0 Å². The lowest BCUT2D eigenvalue weighted by Crippen LogP contribution is -2.09. The van der Waals surface area contributed by atoms with Gasteiger partial charge in [-0.25, -0.2) is 4.98 Å². The second-order valence-electron chi connectivity index (χ2n) is 5.91. The lowest BCUT2D eigenvalue weighted by atomic mass is 9.98. The second kappa shape index (κ2) is 4.90. The molecule has 104 valence electrons. The summed E-state index contributed by atoms with van der Waals surface area (Å²) in [6.07, 6.45) is 3.80. The number of nitrogens with zero attached hydrogens (tertiary/aromatic N) is 2. The molecule has 0 saturated carbocycles. The number of aromatic amines is 1. The lowest BCUT2D eigenvalue weighted by Gasteiger charge is -2.13. The van der Waals surface area contributed by atoms with Crippen molar-refractivity contribution in [1.82, 2.24) is 15.2 Å². The van der Waals surface area contributed by atoms with E-state index < -0.39 is 0 Å². The maximum Gasteiger partial charge on any atom is 0.0981 e. The molecular weight excluding hydrogens is 268 g/mol. The third kappa shape index (κ3) is 2.67. The van der Waals surface area contributed by atoms with Gasteiger partial charge >= 0.3 is 0 Å². The van der Waals surface area contributed by atoms with Gasteiger partial charge in [-0.2, -0.15) is 5.10 Å². The molecule has 3 aromatic rings. The highest BCUT2D eigenvalue weighted by molar-refractivity contribution is 7.11. The van der Waals surface area contributed by atoms with Gasteiger partial charge in [0.05, 0.1) is 23.3 Å². The monoisotopic (exact) mass is 286 g/mol. The zero-order chi connectivity index (χ0) is 14.2. The second-order valence-corrected chi connectivity index (χ2v) is 7.02. The highest BCUT2D eigenvalue weighted by Crippen LogP contribution is 2.27. The van der Waals surface area contributed by atoms with Gasteiger partial charge in [0.15, 0.2) is 0 Å². The Morgan fingerprint density at radius 2 is 2.10 bits per heavy atom. The van der Waals surface area contributed by atoms with Gasteiger partial charge in [0.2, 0.25) is 0 Å². The summed E-state index contributed by atoms with van der Waals surface area (Å²) >= 11 is 1.77. The van der Waals surface area contributed by atoms with Crippen LogP contribution in [0, 0.1) is 0 Å². The van der Waals surface area contributed by atoms with Gasteiger partial charge in [-0.05, 0) is 18.2 Å². The Hall–Kier alpha value is -1.88. The van der Waals surface area contributed by atoms with E-state index in [-0.39, 0.29) is 5.41 Å². The Balaban J connectivity index is 1.71. The van der Waals surface area contributed by atoms with Crippen molar-refractivity contribution in [3.8, 4) is 0 Å². The molecule has 3 rings (SSSR count). The van der Waals surface area contributed by atoms with Crippen molar-refractivity contribution in [3.63, 3.8) is 0 Å².